The Kier molecular flexibility index (Phi) is 5.58. The number of nitrogens with one attached hydrogen (secondary N) is 1. The summed E-state index contributed by atoms with van der Waals surface area (Å²) in [7, 11) is 0. The Hall–Kier alpha value is -2.79. The highest BCUT2D eigenvalue weighted by atomic mass is 79.9. The standard InChI is InChI=1S/C21H18BrNO3/c1-14-11-17(12-19(22)21(14)25)23-20(24)13-26-18-9-7-16(8-10-18)15-5-3-2-4-6-15/h2-12,25H,13H2,1H3,(H,23,24). The van der Waals surface area contributed by atoms with Crippen LogP contribution in [0.2, 0.25) is 0 Å². The van der Waals surface area contributed by atoms with Crippen LogP contribution in [0.1, 0.15) is 5.56 Å². The Bertz CT molecular complexity index is 885. The van der Waals surface area contributed by atoms with Crippen molar-refractivity contribution in [1.29, 1.82) is 0 Å². The zero-order chi connectivity index (χ0) is 18.5. The van der Waals surface area contributed by atoms with Crippen LogP contribution in [0.15, 0.2) is 71.2 Å². The van der Waals surface area contributed by atoms with E-state index >= 15 is 0 Å². The van der Waals surface area contributed by atoms with Crippen molar-refractivity contribution in [2.75, 3.05) is 11.9 Å². The van der Waals surface area contributed by atoms with Gasteiger partial charge in [-0.3, -0.25) is 4.79 Å². The van der Waals surface area contributed by atoms with Gasteiger partial charge >= 0.3 is 0 Å². The summed E-state index contributed by atoms with van der Waals surface area (Å²) < 4.78 is 6.07. The molecular weight excluding hydrogens is 394 g/mol. The lowest BCUT2D eigenvalue weighted by atomic mass is 10.1. The third-order valence-electron chi connectivity index (χ3n) is 3.87. The molecule has 0 aliphatic carbocycles. The quantitative estimate of drug-likeness (QED) is 0.570. The van der Waals surface area contributed by atoms with Crippen LogP contribution >= 0.6 is 15.9 Å². The average molecular weight is 412 g/mol. The van der Waals surface area contributed by atoms with Gasteiger partial charge in [-0.2, -0.15) is 0 Å². The van der Waals surface area contributed by atoms with E-state index in [1.807, 2.05) is 54.6 Å². The largest absolute Gasteiger partial charge is 0.506 e. The van der Waals surface area contributed by atoms with Crippen molar-refractivity contribution in [3.8, 4) is 22.6 Å². The topological polar surface area (TPSA) is 58.6 Å². The highest BCUT2D eigenvalue weighted by Gasteiger charge is 2.08. The zero-order valence-electron chi connectivity index (χ0n) is 14.2. The molecule has 0 heterocycles. The van der Waals surface area contributed by atoms with Crippen LogP contribution in [0.4, 0.5) is 5.69 Å². The molecule has 5 heteroatoms. The second kappa shape index (κ2) is 8.06. The first-order valence-electron chi connectivity index (χ1n) is 8.10. The third kappa shape index (κ3) is 4.43. The maximum atomic E-state index is 12.1. The summed E-state index contributed by atoms with van der Waals surface area (Å²) in [5.41, 5.74) is 3.49. The molecule has 0 spiro atoms. The number of ether oxygens (including phenoxy) is 1. The van der Waals surface area contributed by atoms with E-state index in [1.54, 1.807) is 19.1 Å². The molecule has 0 fully saturated rings. The van der Waals surface area contributed by atoms with Crippen molar-refractivity contribution in [2.24, 2.45) is 0 Å². The SMILES string of the molecule is Cc1cc(NC(=O)COc2ccc(-c3ccccc3)cc2)cc(Br)c1O. The van der Waals surface area contributed by atoms with Gasteiger partial charge in [0.2, 0.25) is 0 Å². The molecule has 3 aromatic carbocycles. The number of amides is 1. The summed E-state index contributed by atoms with van der Waals surface area (Å²) in [6.45, 7) is 1.67. The van der Waals surface area contributed by atoms with E-state index in [1.165, 1.54) is 0 Å². The Morgan fingerprint density at radius 2 is 1.69 bits per heavy atom. The minimum Gasteiger partial charge on any atom is -0.506 e. The summed E-state index contributed by atoms with van der Waals surface area (Å²) in [6, 6.07) is 21.0. The van der Waals surface area contributed by atoms with E-state index in [4.69, 9.17) is 4.74 Å². The van der Waals surface area contributed by atoms with Crippen LogP contribution in [0.5, 0.6) is 11.5 Å². The van der Waals surface area contributed by atoms with Crippen LogP contribution < -0.4 is 10.1 Å². The number of carbonyl (C=O) groups is 1. The van der Waals surface area contributed by atoms with E-state index in [9.17, 15) is 9.90 Å². The van der Waals surface area contributed by atoms with Crippen molar-refractivity contribution >= 4 is 27.5 Å². The van der Waals surface area contributed by atoms with Crippen LogP contribution in [-0.2, 0) is 4.79 Å². The van der Waals surface area contributed by atoms with Gasteiger partial charge in [0, 0.05) is 5.69 Å². The molecule has 2 N–H and O–H groups in total. The van der Waals surface area contributed by atoms with Crippen molar-refractivity contribution in [2.45, 2.75) is 6.92 Å². The molecule has 0 radical (unpaired) electrons. The molecule has 0 aliphatic heterocycles. The number of phenols is 1. The maximum absolute atomic E-state index is 12.1. The van der Waals surface area contributed by atoms with Gasteiger partial charge in [-0.05, 0) is 63.8 Å². The number of halogens is 1. The van der Waals surface area contributed by atoms with E-state index in [-0.39, 0.29) is 18.3 Å². The first-order valence-corrected chi connectivity index (χ1v) is 8.89. The second-order valence-corrected chi connectivity index (χ2v) is 6.71. The monoisotopic (exact) mass is 411 g/mol. The lowest BCUT2D eigenvalue weighted by molar-refractivity contribution is -0.118. The van der Waals surface area contributed by atoms with Gasteiger partial charge in [0.05, 0.1) is 4.47 Å². The van der Waals surface area contributed by atoms with E-state index in [0.29, 0.717) is 21.5 Å². The van der Waals surface area contributed by atoms with Gasteiger partial charge in [0.1, 0.15) is 11.5 Å². The fourth-order valence-corrected chi connectivity index (χ4v) is 3.09. The Labute approximate surface area is 160 Å². The summed E-state index contributed by atoms with van der Waals surface area (Å²) in [5.74, 6) is 0.523. The predicted octanol–water partition coefficient (Wildman–Crippen LogP) is 5.15. The van der Waals surface area contributed by atoms with E-state index in [0.717, 1.165) is 11.1 Å². The number of anilines is 1. The molecular formula is C21H18BrNO3. The lowest BCUT2D eigenvalue weighted by Gasteiger charge is -2.10. The smallest absolute Gasteiger partial charge is 0.262 e. The molecule has 1 amide bonds. The number of rotatable bonds is 5. The van der Waals surface area contributed by atoms with Crippen LogP contribution in [0.3, 0.4) is 0 Å². The molecule has 26 heavy (non-hydrogen) atoms. The molecule has 0 unspecified atom stereocenters. The number of hydrogen-bond donors (Lipinski definition) is 2. The summed E-state index contributed by atoms with van der Waals surface area (Å²) in [6.07, 6.45) is 0. The first-order chi connectivity index (χ1) is 12.5. The van der Waals surface area contributed by atoms with Gasteiger partial charge < -0.3 is 15.2 Å². The van der Waals surface area contributed by atoms with Crippen molar-refractivity contribution in [3.63, 3.8) is 0 Å². The fourth-order valence-electron chi connectivity index (χ4n) is 2.53. The highest BCUT2D eigenvalue weighted by Crippen LogP contribution is 2.30. The van der Waals surface area contributed by atoms with Crippen LogP contribution in [0, 0.1) is 6.92 Å². The third-order valence-corrected chi connectivity index (χ3v) is 4.47. The number of carbonyl (C=O) groups excluding carboxylic acids is 1. The van der Waals surface area contributed by atoms with Gasteiger partial charge in [0.25, 0.3) is 5.91 Å². The molecule has 0 bridgehead atoms. The minimum absolute atomic E-state index is 0.0950. The first kappa shape index (κ1) is 18.0. The predicted molar refractivity (Wildman–Crippen MR) is 107 cm³/mol. The van der Waals surface area contributed by atoms with Gasteiger partial charge in [-0.25, -0.2) is 0 Å². The fraction of sp³-hybridized carbons (Fsp3) is 0.0952. The molecule has 4 nitrogen and oxygen atoms in total. The average Bonchev–Trinajstić information content (AvgIpc) is 2.65. The number of phenolic OH excluding ortho intramolecular Hbond substituents is 1. The molecule has 3 aromatic rings. The number of benzene rings is 3. The summed E-state index contributed by atoms with van der Waals surface area (Å²) in [5, 5.41) is 12.5. The van der Waals surface area contributed by atoms with E-state index in [2.05, 4.69) is 21.2 Å². The number of aromatic hydroxyl groups is 1. The van der Waals surface area contributed by atoms with Crippen LogP contribution in [-0.4, -0.2) is 17.6 Å². The van der Waals surface area contributed by atoms with Gasteiger partial charge in [-0.15, -0.1) is 0 Å². The van der Waals surface area contributed by atoms with Crippen molar-refractivity contribution in [1.82, 2.24) is 0 Å². The number of hydrogen-bond acceptors (Lipinski definition) is 3. The molecule has 3 rings (SSSR count). The molecule has 0 saturated carbocycles. The summed E-state index contributed by atoms with van der Waals surface area (Å²) >= 11 is 3.26. The molecule has 0 aromatic heterocycles. The maximum Gasteiger partial charge on any atom is 0.262 e. The van der Waals surface area contributed by atoms with Crippen LogP contribution in [0.25, 0.3) is 11.1 Å². The van der Waals surface area contributed by atoms with Gasteiger partial charge in [-0.1, -0.05) is 42.5 Å². The zero-order valence-corrected chi connectivity index (χ0v) is 15.8. The van der Waals surface area contributed by atoms with Crippen molar-refractivity contribution in [3.05, 3.63) is 76.8 Å². The second-order valence-electron chi connectivity index (χ2n) is 5.85. The molecule has 0 atom stereocenters. The Balaban J connectivity index is 1.58. The molecule has 132 valence electrons. The molecule has 0 aliphatic rings. The van der Waals surface area contributed by atoms with Gasteiger partial charge in [0.15, 0.2) is 6.61 Å². The lowest BCUT2D eigenvalue weighted by Crippen LogP contribution is -2.20. The normalized spacial score (nSPS) is 10.4. The van der Waals surface area contributed by atoms with E-state index < -0.39 is 0 Å². The Morgan fingerprint density at radius 1 is 1.04 bits per heavy atom. The summed E-state index contributed by atoms with van der Waals surface area (Å²) in [4.78, 5) is 12.1. The van der Waals surface area contributed by atoms with Crippen molar-refractivity contribution < 1.29 is 14.6 Å². The number of aryl methyl sites for hydroxylation is 1. The Morgan fingerprint density at radius 3 is 2.35 bits per heavy atom. The molecule has 0 saturated heterocycles. The highest BCUT2D eigenvalue weighted by molar-refractivity contribution is 9.10. The minimum atomic E-state index is -0.269.